The Morgan fingerprint density at radius 2 is 1.72 bits per heavy atom. The molecular weight excluding hydrogens is 368 g/mol. The highest BCUT2D eigenvalue weighted by molar-refractivity contribution is 6.05. The summed E-state index contributed by atoms with van der Waals surface area (Å²) in [5, 5.41) is 5.46. The van der Waals surface area contributed by atoms with Gasteiger partial charge in [0.2, 0.25) is 6.79 Å². The maximum atomic E-state index is 12.7. The second-order valence-corrected chi connectivity index (χ2v) is 7.81. The van der Waals surface area contributed by atoms with E-state index in [4.69, 9.17) is 9.47 Å². The van der Waals surface area contributed by atoms with Crippen molar-refractivity contribution in [1.29, 1.82) is 0 Å². The molecule has 0 saturated heterocycles. The normalized spacial score (nSPS) is 13.2. The molecule has 1 aliphatic rings. The first-order chi connectivity index (χ1) is 13.8. The molecule has 3 rings (SSSR count). The number of amides is 2. The molecule has 152 valence electrons. The van der Waals surface area contributed by atoms with Gasteiger partial charge in [0.1, 0.15) is 5.70 Å². The van der Waals surface area contributed by atoms with Gasteiger partial charge in [-0.15, -0.1) is 0 Å². The van der Waals surface area contributed by atoms with E-state index in [1.165, 1.54) is 0 Å². The zero-order valence-electron chi connectivity index (χ0n) is 17.2. The standard InChI is InChI=1S/C23H26N2O4/c1-5-24-22(27)18(12-15-6-11-19-20(13-15)29-14-28-19)25-21(26)16-7-9-17(10-8-16)23(2,3)4/h6-13H,5,14H2,1-4H3,(H,24,27)(H,25,26)/b18-12-. The van der Waals surface area contributed by atoms with Crippen molar-refractivity contribution < 1.29 is 19.1 Å². The van der Waals surface area contributed by atoms with Gasteiger partial charge >= 0.3 is 0 Å². The van der Waals surface area contributed by atoms with Crippen LogP contribution in [-0.2, 0) is 10.2 Å². The molecule has 2 N–H and O–H groups in total. The van der Waals surface area contributed by atoms with Gasteiger partial charge in [-0.2, -0.15) is 0 Å². The van der Waals surface area contributed by atoms with Crippen LogP contribution in [-0.4, -0.2) is 25.2 Å². The Morgan fingerprint density at radius 1 is 1.03 bits per heavy atom. The monoisotopic (exact) mass is 394 g/mol. The highest BCUT2D eigenvalue weighted by Gasteiger charge is 2.18. The number of rotatable bonds is 5. The number of nitrogens with one attached hydrogen (secondary N) is 2. The summed E-state index contributed by atoms with van der Waals surface area (Å²) in [6.45, 7) is 8.79. The zero-order valence-corrected chi connectivity index (χ0v) is 17.2. The largest absolute Gasteiger partial charge is 0.454 e. The third kappa shape index (κ3) is 4.96. The maximum Gasteiger partial charge on any atom is 0.267 e. The lowest BCUT2D eigenvalue weighted by atomic mass is 9.87. The van der Waals surface area contributed by atoms with Crippen LogP contribution in [0.2, 0.25) is 0 Å². The van der Waals surface area contributed by atoms with Crippen LogP contribution < -0.4 is 20.1 Å². The summed E-state index contributed by atoms with van der Waals surface area (Å²) in [6.07, 6.45) is 1.62. The van der Waals surface area contributed by atoms with E-state index in [9.17, 15) is 9.59 Å². The van der Waals surface area contributed by atoms with Crippen LogP contribution in [0.15, 0.2) is 48.2 Å². The van der Waals surface area contributed by atoms with Gasteiger partial charge in [0.25, 0.3) is 11.8 Å². The van der Waals surface area contributed by atoms with Gasteiger partial charge in [-0.1, -0.05) is 39.0 Å². The maximum absolute atomic E-state index is 12.7. The molecule has 0 bridgehead atoms. The Kier molecular flexibility index (Phi) is 5.92. The first-order valence-electron chi connectivity index (χ1n) is 9.59. The topological polar surface area (TPSA) is 76.7 Å². The molecule has 0 radical (unpaired) electrons. The van der Waals surface area contributed by atoms with Crippen molar-refractivity contribution in [3.63, 3.8) is 0 Å². The van der Waals surface area contributed by atoms with Crippen LogP contribution >= 0.6 is 0 Å². The van der Waals surface area contributed by atoms with Crippen molar-refractivity contribution in [2.24, 2.45) is 0 Å². The predicted octanol–water partition coefficient (Wildman–Crippen LogP) is 3.62. The first kappa shape index (κ1) is 20.5. The lowest BCUT2D eigenvalue weighted by molar-refractivity contribution is -0.117. The Morgan fingerprint density at radius 3 is 2.38 bits per heavy atom. The molecular formula is C23H26N2O4. The summed E-state index contributed by atoms with van der Waals surface area (Å²) < 4.78 is 10.7. The summed E-state index contributed by atoms with van der Waals surface area (Å²) in [5.41, 5.74) is 2.50. The lowest BCUT2D eigenvalue weighted by Gasteiger charge is -2.19. The molecule has 2 aromatic rings. The van der Waals surface area contributed by atoms with Gasteiger partial charge in [0.05, 0.1) is 0 Å². The number of fused-ring (bicyclic) bond motifs is 1. The highest BCUT2D eigenvalue weighted by Crippen LogP contribution is 2.33. The van der Waals surface area contributed by atoms with E-state index < -0.39 is 0 Å². The van der Waals surface area contributed by atoms with E-state index in [2.05, 4.69) is 31.4 Å². The van der Waals surface area contributed by atoms with Crippen molar-refractivity contribution in [3.8, 4) is 11.5 Å². The molecule has 6 heteroatoms. The molecule has 0 aliphatic carbocycles. The number of hydrogen-bond donors (Lipinski definition) is 2. The Hall–Kier alpha value is -3.28. The van der Waals surface area contributed by atoms with Crippen LogP contribution in [0.4, 0.5) is 0 Å². The van der Waals surface area contributed by atoms with Gasteiger partial charge in [0, 0.05) is 12.1 Å². The van der Waals surface area contributed by atoms with Gasteiger partial charge in [-0.3, -0.25) is 9.59 Å². The third-order valence-corrected chi connectivity index (χ3v) is 4.55. The molecule has 1 heterocycles. The van der Waals surface area contributed by atoms with Crippen LogP contribution in [0.5, 0.6) is 11.5 Å². The van der Waals surface area contributed by atoms with E-state index in [1.54, 1.807) is 36.4 Å². The lowest BCUT2D eigenvalue weighted by Crippen LogP contribution is -2.34. The minimum absolute atomic E-state index is 0.000431. The predicted molar refractivity (Wildman–Crippen MR) is 112 cm³/mol. The van der Waals surface area contributed by atoms with Crippen molar-refractivity contribution in [2.75, 3.05) is 13.3 Å². The third-order valence-electron chi connectivity index (χ3n) is 4.55. The van der Waals surface area contributed by atoms with Crippen molar-refractivity contribution in [1.82, 2.24) is 10.6 Å². The minimum atomic E-state index is -0.357. The van der Waals surface area contributed by atoms with Crippen LogP contribution in [0.25, 0.3) is 6.08 Å². The second-order valence-electron chi connectivity index (χ2n) is 7.81. The summed E-state index contributed by atoms with van der Waals surface area (Å²) in [4.78, 5) is 25.2. The number of carbonyl (C=O) groups is 2. The molecule has 0 aromatic heterocycles. The number of ether oxygens (including phenoxy) is 2. The Labute approximate surface area is 170 Å². The zero-order chi connectivity index (χ0) is 21.0. The smallest absolute Gasteiger partial charge is 0.267 e. The summed E-state index contributed by atoms with van der Waals surface area (Å²) in [6, 6.07) is 12.8. The Balaban J connectivity index is 1.83. The molecule has 2 amide bonds. The molecule has 6 nitrogen and oxygen atoms in total. The average molecular weight is 394 g/mol. The molecule has 0 unspecified atom stereocenters. The van der Waals surface area contributed by atoms with Crippen LogP contribution in [0, 0.1) is 0 Å². The second kappa shape index (κ2) is 8.39. The number of benzene rings is 2. The van der Waals surface area contributed by atoms with Crippen LogP contribution in [0.3, 0.4) is 0 Å². The number of hydrogen-bond acceptors (Lipinski definition) is 4. The van der Waals surface area contributed by atoms with Crippen LogP contribution in [0.1, 0.15) is 49.2 Å². The first-order valence-corrected chi connectivity index (χ1v) is 9.59. The van der Waals surface area contributed by atoms with E-state index in [0.29, 0.717) is 23.6 Å². The Bertz CT molecular complexity index is 940. The van der Waals surface area contributed by atoms with E-state index >= 15 is 0 Å². The molecule has 2 aromatic carbocycles. The fourth-order valence-corrected chi connectivity index (χ4v) is 2.90. The number of carbonyl (C=O) groups excluding carboxylic acids is 2. The number of likely N-dealkylation sites (N-methyl/N-ethyl adjacent to an activating group) is 1. The van der Waals surface area contributed by atoms with Gasteiger partial charge in [-0.05, 0) is 53.8 Å². The molecule has 0 spiro atoms. The van der Waals surface area contributed by atoms with Crippen molar-refractivity contribution >= 4 is 17.9 Å². The van der Waals surface area contributed by atoms with Gasteiger partial charge in [0.15, 0.2) is 11.5 Å². The quantitative estimate of drug-likeness (QED) is 0.760. The summed E-state index contributed by atoms with van der Waals surface area (Å²) >= 11 is 0. The van der Waals surface area contributed by atoms with Crippen molar-refractivity contribution in [3.05, 3.63) is 64.9 Å². The average Bonchev–Trinajstić information content (AvgIpc) is 3.15. The van der Waals surface area contributed by atoms with E-state index in [-0.39, 0.29) is 29.7 Å². The molecule has 29 heavy (non-hydrogen) atoms. The molecule has 0 fully saturated rings. The highest BCUT2D eigenvalue weighted by atomic mass is 16.7. The van der Waals surface area contributed by atoms with Crippen molar-refractivity contribution in [2.45, 2.75) is 33.1 Å². The van der Waals surface area contributed by atoms with Gasteiger partial charge in [-0.25, -0.2) is 0 Å². The molecule has 0 atom stereocenters. The minimum Gasteiger partial charge on any atom is -0.454 e. The van der Waals surface area contributed by atoms with Gasteiger partial charge < -0.3 is 20.1 Å². The molecule has 1 aliphatic heterocycles. The summed E-state index contributed by atoms with van der Waals surface area (Å²) in [7, 11) is 0. The molecule has 0 saturated carbocycles. The van der Waals surface area contributed by atoms with E-state index in [1.807, 2.05) is 19.1 Å². The van der Waals surface area contributed by atoms with E-state index in [0.717, 1.165) is 11.1 Å². The fraction of sp³-hybridized carbons (Fsp3) is 0.304. The SMILES string of the molecule is CCNC(=O)/C(=C/c1ccc2c(c1)OCO2)NC(=O)c1ccc(C(C)(C)C)cc1. The summed E-state index contributed by atoms with van der Waals surface area (Å²) in [5.74, 6) is 0.566. The fourth-order valence-electron chi connectivity index (χ4n) is 2.90.